The van der Waals surface area contributed by atoms with E-state index in [2.05, 4.69) is 15.0 Å². The van der Waals surface area contributed by atoms with Gasteiger partial charge in [-0.3, -0.25) is 9.97 Å². The van der Waals surface area contributed by atoms with Gasteiger partial charge in [0.1, 0.15) is 28.5 Å². The third-order valence-electron chi connectivity index (χ3n) is 9.47. The molecule has 0 radical (unpaired) electrons. The van der Waals surface area contributed by atoms with E-state index in [1.54, 1.807) is 59.1 Å². The van der Waals surface area contributed by atoms with Gasteiger partial charge in [0.2, 0.25) is 0 Å². The normalized spacial score (nSPS) is 11.5. The Balaban J connectivity index is 1.30. The number of aryl methyl sites for hydroxylation is 4. The van der Waals surface area contributed by atoms with Gasteiger partial charge in [-0.15, -0.1) is 0 Å². The van der Waals surface area contributed by atoms with Gasteiger partial charge in [0.05, 0.1) is 44.8 Å². The molecule has 0 spiro atoms. The Morgan fingerprint density at radius 3 is 1.70 bits per heavy atom. The second kappa shape index (κ2) is 15.5. The van der Waals surface area contributed by atoms with Gasteiger partial charge in [-0.1, -0.05) is 43.1 Å². The molecule has 10 nitrogen and oxygen atoms in total. The van der Waals surface area contributed by atoms with Gasteiger partial charge in [-0.05, 0) is 87.4 Å². The highest BCUT2D eigenvalue weighted by Crippen LogP contribution is 2.42. The molecule has 0 fully saturated rings. The van der Waals surface area contributed by atoms with Gasteiger partial charge in [0.15, 0.2) is 23.3 Å². The first kappa shape index (κ1) is 37.9. The van der Waals surface area contributed by atoms with Crippen LogP contribution in [0.4, 0.5) is 36.2 Å². The number of nitrogens with zero attached hydrogens (tertiary/aromatic N) is 10. The average molecular weight is 808 g/mol. The Labute approximate surface area is 336 Å². The lowest BCUT2D eigenvalue weighted by atomic mass is 10.2. The van der Waals surface area contributed by atoms with E-state index < -0.39 is 11.6 Å². The summed E-state index contributed by atoms with van der Waals surface area (Å²) in [5.41, 5.74) is 5.07. The van der Waals surface area contributed by atoms with Crippen molar-refractivity contribution in [1.82, 2.24) is 39.0 Å². The average Bonchev–Trinajstić information content (AvgIpc) is 3.76. The molecule has 0 saturated heterocycles. The number of rotatable bonds is 11. The first-order valence-corrected chi connectivity index (χ1v) is 19.1. The first-order valence-electron chi connectivity index (χ1n) is 18.3. The standard InChI is InChI=1S/C42H35Cl2F3N10/c1-5-16-54-35-15-14-32(45)36(47)37(35)53-40(54)27-19-31(44)42(51-21-27)57(29-13-11-25(4)49-23-29)56(28-12-10-24(3)48-22-28)41-30(43)18-26(20-50-41)39-52-34-9-7-8-33(46)38(34)55(39)17-6-2/h7-15,18-23H,5-6,16-17H2,1-4H3. The zero-order chi connectivity index (χ0) is 40.0. The number of anilines is 4. The highest BCUT2D eigenvalue weighted by Gasteiger charge is 2.30. The molecular formula is C42H35Cl2F3N10. The Bertz CT molecular complexity index is 2770. The topological polar surface area (TPSA) is 93.7 Å². The summed E-state index contributed by atoms with van der Waals surface area (Å²) in [7, 11) is 0. The maximum absolute atomic E-state index is 15.1. The lowest BCUT2D eigenvalue weighted by molar-refractivity contribution is 0.515. The number of hydrogen-bond acceptors (Lipinski definition) is 8. The van der Waals surface area contributed by atoms with Crippen molar-refractivity contribution >= 4 is 68.3 Å². The SMILES string of the molecule is CCCn1c(-c2cnc(N(c3ccc(C)nc3)N(c3ccc(C)nc3)c3ncc(-c4nc5cccc(F)c5n4CCC)cc3Cl)c(Cl)c2)nc2c(F)c(F)ccc21. The summed E-state index contributed by atoms with van der Waals surface area (Å²) in [6, 6.07) is 18.3. The molecule has 2 aromatic carbocycles. The van der Waals surface area contributed by atoms with E-state index in [1.807, 2.05) is 61.1 Å². The Morgan fingerprint density at radius 1 is 0.614 bits per heavy atom. The van der Waals surface area contributed by atoms with Crippen LogP contribution in [0.1, 0.15) is 38.1 Å². The van der Waals surface area contributed by atoms with Crippen LogP contribution in [-0.4, -0.2) is 39.0 Å². The molecule has 0 amide bonds. The lowest BCUT2D eigenvalue weighted by Crippen LogP contribution is -2.37. The molecule has 0 atom stereocenters. The minimum atomic E-state index is -1.02. The molecule has 8 rings (SSSR count). The number of para-hydroxylation sites is 1. The van der Waals surface area contributed by atoms with Gasteiger partial charge in [-0.25, -0.2) is 43.1 Å². The number of halogens is 5. The summed E-state index contributed by atoms with van der Waals surface area (Å²) in [4.78, 5) is 28.2. The molecule has 57 heavy (non-hydrogen) atoms. The fourth-order valence-electron chi connectivity index (χ4n) is 6.86. The highest BCUT2D eigenvalue weighted by molar-refractivity contribution is 6.34. The summed E-state index contributed by atoms with van der Waals surface area (Å²) >= 11 is 14.4. The van der Waals surface area contributed by atoms with E-state index >= 15 is 4.39 Å². The number of aromatic nitrogens is 8. The first-order chi connectivity index (χ1) is 27.6. The second-order valence-corrected chi connectivity index (χ2v) is 14.3. The Hall–Kier alpha value is -6.05. The van der Waals surface area contributed by atoms with Crippen molar-refractivity contribution in [3.8, 4) is 22.8 Å². The number of benzene rings is 2. The van der Waals surface area contributed by atoms with Gasteiger partial charge in [-0.2, -0.15) is 0 Å². The van der Waals surface area contributed by atoms with E-state index in [0.717, 1.165) is 23.9 Å². The van der Waals surface area contributed by atoms with Crippen LogP contribution in [0.15, 0.2) is 91.5 Å². The molecule has 15 heteroatoms. The zero-order valence-corrected chi connectivity index (χ0v) is 32.9. The lowest BCUT2D eigenvalue weighted by Gasteiger charge is -2.37. The van der Waals surface area contributed by atoms with Gasteiger partial charge in [0.25, 0.3) is 0 Å². The summed E-state index contributed by atoms with van der Waals surface area (Å²) in [6.45, 7) is 8.78. The molecule has 0 unspecified atom stereocenters. The molecule has 288 valence electrons. The minimum absolute atomic E-state index is 0.0800. The van der Waals surface area contributed by atoms with Crippen LogP contribution in [0.5, 0.6) is 0 Å². The number of imidazole rings is 2. The predicted molar refractivity (Wildman–Crippen MR) is 219 cm³/mol. The van der Waals surface area contributed by atoms with Crippen LogP contribution >= 0.6 is 23.2 Å². The molecule has 0 bridgehead atoms. The third kappa shape index (κ3) is 6.91. The molecule has 0 aliphatic heterocycles. The van der Waals surface area contributed by atoms with Crippen molar-refractivity contribution in [2.75, 3.05) is 10.0 Å². The van der Waals surface area contributed by atoms with E-state index in [4.69, 9.17) is 38.2 Å². The van der Waals surface area contributed by atoms with Crippen molar-refractivity contribution in [3.05, 3.63) is 130 Å². The van der Waals surface area contributed by atoms with Crippen LogP contribution in [0.3, 0.4) is 0 Å². The van der Waals surface area contributed by atoms with Crippen molar-refractivity contribution in [3.63, 3.8) is 0 Å². The minimum Gasteiger partial charge on any atom is -0.324 e. The fraction of sp³-hybridized carbons (Fsp3) is 0.190. The Morgan fingerprint density at radius 2 is 1.18 bits per heavy atom. The summed E-state index contributed by atoms with van der Waals surface area (Å²) in [5, 5.41) is 3.90. The largest absolute Gasteiger partial charge is 0.324 e. The molecule has 0 aliphatic carbocycles. The van der Waals surface area contributed by atoms with Gasteiger partial charge in [0, 0.05) is 48.0 Å². The quantitative estimate of drug-likeness (QED) is 0.119. The molecule has 0 saturated carbocycles. The fourth-order valence-corrected chi connectivity index (χ4v) is 7.35. The van der Waals surface area contributed by atoms with Crippen LogP contribution in [0.25, 0.3) is 44.8 Å². The molecule has 0 N–H and O–H groups in total. The summed E-state index contributed by atoms with van der Waals surface area (Å²) in [6.07, 6.45) is 8.05. The number of fused-ring (bicyclic) bond motifs is 2. The molecule has 8 aromatic rings. The smallest absolute Gasteiger partial charge is 0.186 e. The maximum atomic E-state index is 15.1. The van der Waals surface area contributed by atoms with Crippen molar-refractivity contribution < 1.29 is 13.2 Å². The number of pyridine rings is 4. The van der Waals surface area contributed by atoms with E-state index in [-0.39, 0.29) is 27.2 Å². The number of hydrazine groups is 1. The van der Waals surface area contributed by atoms with Crippen LogP contribution in [0, 0.1) is 31.3 Å². The van der Waals surface area contributed by atoms with Crippen molar-refractivity contribution in [2.45, 2.75) is 53.6 Å². The number of hydrogen-bond donors (Lipinski definition) is 0. The van der Waals surface area contributed by atoms with Crippen LogP contribution < -0.4 is 10.0 Å². The predicted octanol–water partition coefficient (Wildman–Crippen LogP) is 11.4. The summed E-state index contributed by atoms with van der Waals surface area (Å²) < 4.78 is 48.0. The van der Waals surface area contributed by atoms with Crippen LogP contribution in [-0.2, 0) is 13.1 Å². The van der Waals surface area contributed by atoms with Crippen molar-refractivity contribution in [2.24, 2.45) is 0 Å². The zero-order valence-electron chi connectivity index (χ0n) is 31.4. The van der Waals surface area contributed by atoms with E-state index in [9.17, 15) is 8.78 Å². The van der Waals surface area contributed by atoms with Gasteiger partial charge >= 0.3 is 0 Å². The molecule has 6 heterocycles. The third-order valence-corrected chi connectivity index (χ3v) is 10.0. The van der Waals surface area contributed by atoms with E-state index in [0.29, 0.717) is 76.0 Å². The molecular weight excluding hydrogens is 772 g/mol. The van der Waals surface area contributed by atoms with Crippen molar-refractivity contribution in [1.29, 1.82) is 0 Å². The highest BCUT2D eigenvalue weighted by atomic mass is 35.5. The molecule has 0 aliphatic rings. The van der Waals surface area contributed by atoms with Gasteiger partial charge < -0.3 is 9.13 Å². The van der Waals surface area contributed by atoms with Crippen LogP contribution in [0.2, 0.25) is 10.0 Å². The molecule has 6 aromatic heterocycles. The second-order valence-electron chi connectivity index (χ2n) is 13.5. The van der Waals surface area contributed by atoms with E-state index in [1.165, 1.54) is 12.1 Å². The Kier molecular flexibility index (Phi) is 10.3. The monoisotopic (exact) mass is 806 g/mol. The maximum Gasteiger partial charge on any atom is 0.186 e. The summed E-state index contributed by atoms with van der Waals surface area (Å²) in [5.74, 6) is -0.902.